The molecule has 1 atom stereocenters. The highest BCUT2D eigenvalue weighted by molar-refractivity contribution is 7.89. The summed E-state index contributed by atoms with van der Waals surface area (Å²) in [6.45, 7) is 4.72. The molecule has 0 saturated heterocycles. The van der Waals surface area contributed by atoms with E-state index in [0.717, 1.165) is 16.8 Å². The van der Waals surface area contributed by atoms with Gasteiger partial charge < -0.3 is 15.4 Å². The zero-order chi connectivity index (χ0) is 29.5. The van der Waals surface area contributed by atoms with Crippen LogP contribution in [0.5, 0.6) is 0 Å². The van der Waals surface area contributed by atoms with Crippen molar-refractivity contribution in [1.29, 1.82) is 0 Å². The van der Waals surface area contributed by atoms with Gasteiger partial charge in [-0.25, -0.2) is 18.4 Å². The van der Waals surface area contributed by atoms with Gasteiger partial charge in [-0.1, -0.05) is 42.5 Å². The van der Waals surface area contributed by atoms with E-state index in [-0.39, 0.29) is 11.4 Å². The third-order valence-electron chi connectivity index (χ3n) is 5.67. The van der Waals surface area contributed by atoms with Crippen LogP contribution in [0.1, 0.15) is 31.1 Å². The molecule has 0 aliphatic rings. The predicted molar refractivity (Wildman–Crippen MR) is 156 cm³/mol. The Labute approximate surface area is 239 Å². The Morgan fingerprint density at radius 3 is 2.20 bits per heavy atom. The molecule has 0 unspecified atom stereocenters. The monoisotopic (exact) mass is 573 g/mol. The lowest BCUT2D eigenvalue weighted by Gasteiger charge is -2.24. The van der Waals surface area contributed by atoms with Crippen LogP contribution in [0.25, 0.3) is 11.1 Å². The first kappa shape index (κ1) is 29.4. The molecule has 3 N–H and O–H groups in total. The van der Waals surface area contributed by atoms with Crippen LogP contribution in [-0.4, -0.2) is 48.4 Å². The number of amides is 1. The second-order valence-corrected chi connectivity index (χ2v) is 11.8. The van der Waals surface area contributed by atoms with E-state index in [0.29, 0.717) is 11.5 Å². The largest absolute Gasteiger partial charge is 0.459 e. The van der Waals surface area contributed by atoms with Gasteiger partial charge in [0.25, 0.3) is 5.91 Å². The number of anilines is 2. The van der Waals surface area contributed by atoms with Crippen LogP contribution in [0.3, 0.4) is 0 Å². The molecule has 4 rings (SSSR count). The summed E-state index contributed by atoms with van der Waals surface area (Å²) in [6.07, 6.45) is 3.30. The van der Waals surface area contributed by atoms with Crippen LogP contribution in [0, 0.1) is 0 Å². The van der Waals surface area contributed by atoms with Gasteiger partial charge >= 0.3 is 5.97 Å². The van der Waals surface area contributed by atoms with Crippen LogP contribution >= 0.6 is 0 Å². The Kier molecular flexibility index (Phi) is 9.10. The maximum absolute atomic E-state index is 12.9. The number of benzene rings is 3. The van der Waals surface area contributed by atoms with Gasteiger partial charge in [0.15, 0.2) is 0 Å². The first-order valence-corrected chi connectivity index (χ1v) is 14.3. The van der Waals surface area contributed by atoms with Crippen molar-refractivity contribution in [2.75, 3.05) is 11.9 Å². The molecule has 11 heteroatoms. The highest BCUT2D eigenvalue weighted by atomic mass is 32.2. The minimum Gasteiger partial charge on any atom is -0.459 e. The lowest BCUT2D eigenvalue weighted by molar-refractivity contribution is -0.156. The van der Waals surface area contributed by atoms with Gasteiger partial charge in [-0.3, -0.25) is 9.59 Å². The second kappa shape index (κ2) is 12.7. The van der Waals surface area contributed by atoms with Crippen molar-refractivity contribution in [3.05, 3.63) is 103 Å². The second-order valence-electron chi connectivity index (χ2n) is 10.1. The molecule has 212 valence electrons. The number of nitrogens with one attached hydrogen (secondary N) is 3. The summed E-state index contributed by atoms with van der Waals surface area (Å²) in [5.41, 5.74) is 2.09. The van der Waals surface area contributed by atoms with E-state index in [1.807, 2.05) is 24.3 Å². The minimum atomic E-state index is -4.05. The predicted octanol–water partition coefficient (Wildman–Crippen LogP) is 4.31. The van der Waals surface area contributed by atoms with Crippen LogP contribution in [-0.2, 0) is 19.6 Å². The standard InChI is InChI=1S/C30H31N5O5S/c1-30(2,3)40-28(37)26(35-41(38,39)25-11-5-4-6-12-25)20-33-27(36)22-15-13-21(14-16-22)23-9-7-10-24(19-23)34-29-31-17-8-18-32-29/h4-19,26,35H,20H2,1-3H3,(H,33,36)(H,31,32,34)/t26-/m0/s1. The number of nitrogens with zero attached hydrogens (tertiary/aromatic N) is 2. The molecule has 1 amide bonds. The lowest BCUT2D eigenvalue weighted by Crippen LogP contribution is -2.50. The Morgan fingerprint density at radius 2 is 1.54 bits per heavy atom. The lowest BCUT2D eigenvalue weighted by atomic mass is 10.0. The Hall–Kier alpha value is -4.61. The molecule has 41 heavy (non-hydrogen) atoms. The van der Waals surface area contributed by atoms with Crippen LogP contribution < -0.4 is 15.4 Å². The Bertz CT molecular complexity index is 1590. The zero-order valence-electron chi connectivity index (χ0n) is 22.9. The first-order chi connectivity index (χ1) is 19.5. The Balaban J connectivity index is 1.44. The number of esters is 1. The molecular formula is C30H31N5O5S. The topological polar surface area (TPSA) is 139 Å². The van der Waals surface area contributed by atoms with Crippen molar-refractivity contribution in [3.8, 4) is 11.1 Å². The smallest absolute Gasteiger partial charge is 0.326 e. The van der Waals surface area contributed by atoms with Crippen LogP contribution in [0.15, 0.2) is 102 Å². The van der Waals surface area contributed by atoms with Crippen LogP contribution in [0.4, 0.5) is 11.6 Å². The van der Waals surface area contributed by atoms with Gasteiger partial charge in [-0.2, -0.15) is 4.72 Å². The molecule has 0 radical (unpaired) electrons. The fourth-order valence-corrected chi connectivity index (χ4v) is 4.99. The van der Waals surface area contributed by atoms with Crippen molar-refractivity contribution in [3.63, 3.8) is 0 Å². The number of hydrogen-bond donors (Lipinski definition) is 3. The van der Waals surface area contributed by atoms with E-state index >= 15 is 0 Å². The number of carbonyl (C=O) groups excluding carboxylic acids is 2. The molecule has 3 aromatic carbocycles. The summed E-state index contributed by atoms with van der Waals surface area (Å²) < 4.78 is 33.5. The molecule has 0 bridgehead atoms. The molecule has 0 aliphatic carbocycles. The van der Waals surface area contributed by atoms with E-state index in [9.17, 15) is 18.0 Å². The van der Waals surface area contributed by atoms with Crippen molar-refractivity contribution in [2.24, 2.45) is 0 Å². The normalized spacial score (nSPS) is 12.3. The maximum atomic E-state index is 12.9. The van der Waals surface area contributed by atoms with E-state index < -0.39 is 33.5 Å². The molecule has 10 nitrogen and oxygen atoms in total. The average Bonchev–Trinajstić information content (AvgIpc) is 2.95. The molecule has 0 fully saturated rings. The average molecular weight is 574 g/mol. The van der Waals surface area contributed by atoms with Gasteiger partial charge in [-0.15, -0.1) is 0 Å². The van der Waals surface area contributed by atoms with Crippen molar-refractivity contribution in [1.82, 2.24) is 20.0 Å². The Morgan fingerprint density at radius 1 is 0.854 bits per heavy atom. The third-order valence-corrected chi connectivity index (χ3v) is 7.16. The number of sulfonamides is 1. The van der Waals surface area contributed by atoms with Gasteiger partial charge in [0.2, 0.25) is 16.0 Å². The summed E-state index contributed by atoms with van der Waals surface area (Å²) in [5, 5.41) is 5.79. The highest BCUT2D eigenvalue weighted by Gasteiger charge is 2.30. The van der Waals surface area contributed by atoms with Crippen molar-refractivity contribution >= 4 is 33.5 Å². The summed E-state index contributed by atoms with van der Waals surface area (Å²) in [6, 6.07) is 22.6. The zero-order valence-corrected chi connectivity index (χ0v) is 23.7. The molecule has 0 saturated carbocycles. The van der Waals surface area contributed by atoms with Gasteiger partial charge in [-0.05, 0) is 74.4 Å². The van der Waals surface area contributed by atoms with Crippen molar-refractivity contribution in [2.45, 2.75) is 37.3 Å². The highest BCUT2D eigenvalue weighted by Crippen LogP contribution is 2.24. The molecule has 4 aromatic rings. The number of hydrogen-bond acceptors (Lipinski definition) is 8. The summed E-state index contributed by atoms with van der Waals surface area (Å²) in [5.74, 6) is -0.796. The van der Waals surface area contributed by atoms with E-state index in [1.54, 1.807) is 81.7 Å². The van der Waals surface area contributed by atoms with E-state index in [4.69, 9.17) is 4.74 Å². The SMILES string of the molecule is CC(C)(C)OC(=O)[C@H](CNC(=O)c1ccc(-c2cccc(Nc3ncccn3)c2)cc1)NS(=O)(=O)c1ccccc1. The number of ether oxygens (including phenoxy) is 1. The van der Waals surface area contributed by atoms with E-state index in [1.165, 1.54) is 12.1 Å². The number of aromatic nitrogens is 2. The summed E-state index contributed by atoms with van der Waals surface area (Å²) in [4.78, 5) is 34.1. The molecule has 0 aliphatic heterocycles. The number of rotatable bonds is 10. The molecule has 1 heterocycles. The van der Waals surface area contributed by atoms with Gasteiger partial charge in [0.1, 0.15) is 11.6 Å². The van der Waals surface area contributed by atoms with Crippen molar-refractivity contribution < 1.29 is 22.7 Å². The van der Waals surface area contributed by atoms with Crippen LogP contribution in [0.2, 0.25) is 0 Å². The first-order valence-electron chi connectivity index (χ1n) is 12.8. The van der Waals surface area contributed by atoms with Gasteiger partial charge in [0.05, 0.1) is 4.90 Å². The molecule has 1 aromatic heterocycles. The fraction of sp³-hybridized carbons (Fsp3) is 0.200. The summed E-state index contributed by atoms with van der Waals surface area (Å²) >= 11 is 0. The molecule has 0 spiro atoms. The fourth-order valence-electron chi connectivity index (χ4n) is 3.78. The number of carbonyl (C=O) groups is 2. The maximum Gasteiger partial charge on any atom is 0.326 e. The van der Waals surface area contributed by atoms with E-state index in [2.05, 4.69) is 25.3 Å². The quantitative estimate of drug-likeness (QED) is 0.239. The summed E-state index contributed by atoms with van der Waals surface area (Å²) in [7, 11) is -4.05. The third kappa shape index (κ3) is 8.44. The van der Waals surface area contributed by atoms with Gasteiger partial charge in [0, 0.05) is 30.2 Å². The molecular weight excluding hydrogens is 542 g/mol. The minimum absolute atomic E-state index is 0.00830.